The summed E-state index contributed by atoms with van der Waals surface area (Å²) in [4.78, 5) is 12.4. The number of nitrogens with zero attached hydrogens (tertiary/aromatic N) is 2. The van der Waals surface area contributed by atoms with E-state index in [0.717, 1.165) is 17.0 Å². The molecule has 1 aromatic carbocycles. The molecule has 24 heavy (non-hydrogen) atoms. The van der Waals surface area contributed by atoms with E-state index in [0.29, 0.717) is 18.5 Å². The van der Waals surface area contributed by atoms with E-state index >= 15 is 0 Å². The van der Waals surface area contributed by atoms with Gasteiger partial charge in [0.15, 0.2) is 0 Å². The van der Waals surface area contributed by atoms with Gasteiger partial charge < -0.3 is 10.4 Å². The fourth-order valence-electron chi connectivity index (χ4n) is 2.73. The molecule has 0 saturated carbocycles. The van der Waals surface area contributed by atoms with Crippen LogP contribution < -0.4 is 5.32 Å². The smallest absolute Gasteiger partial charge is 0.251 e. The second kappa shape index (κ2) is 8.11. The number of aliphatic hydroxyl groups excluding tert-OH is 1. The normalized spacial score (nSPS) is 12.4. The van der Waals surface area contributed by atoms with E-state index in [1.165, 1.54) is 0 Å². The summed E-state index contributed by atoms with van der Waals surface area (Å²) in [5.41, 5.74) is 3.87. The van der Waals surface area contributed by atoms with Crippen molar-refractivity contribution in [1.29, 1.82) is 0 Å². The predicted molar refractivity (Wildman–Crippen MR) is 95.0 cm³/mol. The molecule has 5 heteroatoms. The lowest BCUT2D eigenvalue weighted by molar-refractivity contribution is 0.0916. The molecule has 0 aliphatic rings. The number of aryl methyl sites for hydroxylation is 2. The van der Waals surface area contributed by atoms with E-state index in [9.17, 15) is 4.79 Å². The number of hydrogen-bond acceptors (Lipinski definition) is 3. The van der Waals surface area contributed by atoms with Crippen LogP contribution in [-0.4, -0.2) is 33.4 Å². The molecule has 1 heterocycles. The summed E-state index contributed by atoms with van der Waals surface area (Å²) >= 11 is 0. The minimum absolute atomic E-state index is 0.0168. The summed E-state index contributed by atoms with van der Waals surface area (Å²) in [7, 11) is 0. The van der Waals surface area contributed by atoms with E-state index in [-0.39, 0.29) is 24.5 Å². The summed E-state index contributed by atoms with van der Waals surface area (Å²) in [5, 5.41) is 16.6. The molecule has 1 atom stereocenters. The van der Waals surface area contributed by atoms with Crippen LogP contribution in [0.5, 0.6) is 0 Å². The van der Waals surface area contributed by atoms with Gasteiger partial charge in [0.1, 0.15) is 0 Å². The van der Waals surface area contributed by atoms with Gasteiger partial charge in [0, 0.05) is 23.9 Å². The maximum absolute atomic E-state index is 12.4. The van der Waals surface area contributed by atoms with Crippen molar-refractivity contribution in [1.82, 2.24) is 15.1 Å². The molecule has 0 aliphatic carbocycles. The molecular weight excluding hydrogens is 302 g/mol. The Balaban J connectivity index is 2.03. The van der Waals surface area contributed by atoms with Crippen molar-refractivity contribution in [2.45, 2.75) is 46.7 Å². The third kappa shape index (κ3) is 4.68. The fraction of sp³-hybridized carbons (Fsp3) is 0.474. The highest BCUT2D eigenvalue weighted by Crippen LogP contribution is 2.11. The van der Waals surface area contributed by atoms with E-state index in [1.807, 2.05) is 56.6 Å². The van der Waals surface area contributed by atoms with Gasteiger partial charge in [-0.05, 0) is 49.9 Å². The summed E-state index contributed by atoms with van der Waals surface area (Å²) < 4.78 is 1.96. The van der Waals surface area contributed by atoms with Crippen LogP contribution in [0.25, 0.3) is 0 Å². The highest BCUT2D eigenvalue weighted by Gasteiger charge is 2.16. The van der Waals surface area contributed by atoms with Gasteiger partial charge in [-0.3, -0.25) is 9.48 Å². The van der Waals surface area contributed by atoms with E-state index in [1.54, 1.807) is 0 Å². The fourth-order valence-corrected chi connectivity index (χ4v) is 2.73. The Bertz CT molecular complexity index is 674. The zero-order valence-electron chi connectivity index (χ0n) is 14.9. The summed E-state index contributed by atoms with van der Waals surface area (Å²) in [6.07, 6.45) is 0.569. The largest absolute Gasteiger partial charge is 0.396 e. The zero-order valence-corrected chi connectivity index (χ0v) is 14.9. The zero-order chi connectivity index (χ0) is 17.7. The minimum Gasteiger partial charge on any atom is -0.396 e. The lowest BCUT2D eigenvalue weighted by Crippen LogP contribution is -2.39. The van der Waals surface area contributed by atoms with Gasteiger partial charge in [-0.15, -0.1) is 0 Å². The van der Waals surface area contributed by atoms with Crippen LogP contribution in [0.4, 0.5) is 0 Å². The molecule has 0 radical (unpaired) electrons. The molecule has 5 nitrogen and oxygen atoms in total. The van der Waals surface area contributed by atoms with Crippen molar-refractivity contribution in [3.05, 3.63) is 52.8 Å². The molecule has 1 aromatic heterocycles. The Hall–Kier alpha value is -2.14. The summed E-state index contributed by atoms with van der Waals surface area (Å²) in [6.45, 7) is 8.87. The van der Waals surface area contributed by atoms with E-state index < -0.39 is 0 Å². The number of aromatic nitrogens is 2. The molecule has 2 N–H and O–H groups in total. The topological polar surface area (TPSA) is 67.2 Å². The Labute approximate surface area is 143 Å². The second-order valence-corrected chi connectivity index (χ2v) is 6.62. The first kappa shape index (κ1) is 18.2. The number of carbonyl (C=O) groups is 1. The summed E-state index contributed by atoms with van der Waals surface area (Å²) in [6, 6.07) is 9.63. The average Bonchev–Trinajstić information content (AvgIpc) is 2.85. The first-order valence-electron chi connectivity index (χ1n) is 8.42. The van der Waals surface area contributed by atoms with Gasteiger partial charge in [-0.2, -0.15) is 5.10 Å². The first-order chi connectivity index (χ1) is 11.4. The van der Waals surface area contributed by atoms with Crippen molar-refractivity contribution in [2.24, 2.45) is 5.92 Å². The third-order valence-electron chi connectivity index (χ3n) is 4.21. The van der Waals surface area contributed by atoms with Gasteiger partial charge in [0.05, 0.1) is 12.2 Å². The lowest BCUT2D eigenvalue weighted by atomic mass is 10.0. The van der Waals surface area contributed by atoms with Crippen LogP contribution in [0, 0.1) is 19.8 Å². The molecule has 0 spiro atoms. The second-order valence-electron chi connectivity index (χ2n) is 6.62. The lowest BCUT2D eigenvalue weighted by Gasteiger charge is -2.21. The molecule has 1 amide bonds. The highest BCUT2D eigenvalue weighted by molar-refractivity contribution is 5.94. The molecular formula is C19H27N3O2. The van der Waals surface area contributed by atoms with Crippen molar-refractivity contribution in [2.75, 3.05) is 6.61 Å². The molecule has 0 bridgehead atoms. The predicted octanol–water partition coefficient (Wildman–Crippen LogP) is 2.69. The summed E-state index contributed by atoms with van der Waals surface area (Å²) in [5.74, 6) is 0.186. The van der Waals surface area contributed by atoms with Gasteiger partial charge in [0.2, 0.25) is 0 Å². The minimum atomic E-state index is -0.0974. The number of nitrogens with one attached hydrogen (secondary N) is 1. The van der Waals surface area contributed by atoms with Crippen LogP contribution in [-0.2, 0) is 6.54 Å². The van der Waals surface area contributed by atoms with Crippen molar-refractivity contribution < 1.29 is 9.90 Å². The maximum Gasteiger partial charge on any atom is 0.251 e. The first-order valence-corrected chi connectivity index (χ1v) is 8.42. The maximum atomic E-state index is 12.4. The van der Waals surface area contributed by atoms with Gasteiger partial charge >= 0.3 is 0 Å². The van der Waals surface area contributed by atoms with E-state index in [4.69, 9.17) is 5.11 Å². The monoisotopic (exact) mass is 329 g/mol. The third-order valence-corrected chi connectivity index (χ3v) is 4.21. The number of hydrogen-bond donors (Lipinski definition) is 2. The quantitative estimate of drug-likeness (QED) is 0.821. The Morgan fingerprint density at radius 2 is 1.92 bits per heavy atom. The molecule has 0 fully saturated rings. The van der Waals surface area contributed by atoms with Gasteiger partial charge in [-0.25, -0.2) is 0 Å². The van der Waals surface area contributed by atoms with Crippen molar-refractivity contribution in [3.8, 4) is 0 Å². The standard InChI is InChI=1S/C19H27N3O2/c1-13(2)18(9-10-23)20-19(24)17-7-5-16(6-8-17)12-22-15(4)11-14(3)21-22/h5-8,11,13,18,23H,9-10,12H2,1-4H3,(H,20,24). The molecule has 0 aliphatic heterocycles. The van der Waals surface area contributed by atoms with Crippen LogP contribution in [0.15, 0.2) is 30.3 Å². The SMILES string of the molecule is Cc1cc(C)n(Cc2ccc(C(=O)NC(CCO)C(C)C)cc2)n1. The molecule has 0 saturated heterocycles. The number of rotatable bonds is 7. The average molecular weight is 329 g/mol. The molecule has 130 valence electrons. The molecule has 2 aromatic rings. The van der Waals surface area contributed by atoms with Crippen LogP contribution in [0.3, 0.4) is 0 Å². The van der Waals surface area contributed by atoms with Crippen LogP contribution in [0.2, 0.25) is 0 Å². The number of benzene rings is 1. The molecule has 1 unspecified atom stereocenters. The number of aliphatic hydroxyl groups is 1. The van der Waals surface area contributed by atoms with Gasteiger partial charge in [-0.1, -0.05) is 26.0 Å². The Morgan fingerprint density at radius 1 is 1.25 bits per heavy atom. The number of amides is 1. The number of carbonyl (C=O) groups excluding carboxylic acids is 1. The Morgan fingerprint density at radius 3 is 2.42 bits per heavy atom. The van der Waals surface area contributed by atoms with Gasteiger partial charge in [0.25, 0.3) is 5.91 Å². The van der Waals surface area contributed by atoms with Crippen LogP contribution >= 0.6 is 0 Å². The Kier molecular flexibility index (Phi) is 6.15. The van der Waals surface area contributed by atoms with Crippen LogP contribution in [0.1, 0.15) is 47.6 Å². The highest BCUT2D eigenvalue weighted by atomic mass is 16.3. The molecule has 2 rings (SSSR count). The van der Waals surface area contributed by atoms with Crippen molar-refractivity contribution >= 4 is 5.91 Å². The van der Waals surface area contributed by atoms with Crippen molar-refractivity contribution in [3.63, 3.8) is 0 Å². The van der Waals surface area contributed by atoms with E-state index in [2.05, 4.69) is 16.5 Å².